The Hall–Kier alpha value is -2.70. The van der Waals surface area contributed by atoms with Gasteiger partial charge in [-0.25, -0.2) is 8.78 Å². The van der Waals surface area contributed by atoms with Crippen molar-refractivity contribution < 1.29 is 27.8 Å². The van der Waals surface area contributed by atoms with Crippen molar-refractivity contribution in [1.82, 2.24) is 0 Å². The van der Waals surface area contributed by atoms with E-state index in [2.05, 4.69) is 10.1 Å². The van der Waals surface area contributed by atoms with Gasteiger partial charge in [-0.2, -0.15) is 4.39 Å². The molecule has 0 aliphatic carbocycles. The highest BCUT2D eigenvalue weighted by Gasteiger charge is 2.26. The SMILES string of the molecule is COc1c(F)c(F)c(C(=O)[O-])c(Nc2ccc(C)cc2C)c1F. The van der Waals surface area contributed by atoms with Crippen LogP contribution in [0.15, 0.2) is 18.2 Å². The highest BCUT2D eigenvalue weighted by Crippen LogP contribution is 2.36. The number of carboxylic acid groups (broad SMARTS) is 1. The predicted octanol–water partition coefficient (Wildman–Crippen LogP) is 2.84. The van der Waals surface area contributed by atoms with E-state index in [0.717, 1.165) is 12.7 Å². The first kappa shape index (κ1) is 16.7. The number of aromatic carboxylic acids is 1. The smallest absolute Gasteiger partial charge is 0.204 e. The van der Waals surface area contributed by atoms with Crippen molar-refractivity contribution >= 4 is 17.3 Å². The van der Waals surface area contributed by atoms with Crippen molar-refractivity contribution in [3.63, 3.8) is 0 Å². The number of hydrogen-bond donors (Lipinski definition) is 1. The third-order valence-electron chi connectivity index (χ3n) is 3.33. The Labute approximate surface area is 130 Å². The van der Waals surface area contributed by atoms with Gasteiger partial charge in [0.25, 0.3) is 0 Å². The summed E-state index contributed by atoms with van der Waals surface area (Å²) in [5.41, 5.74) is -0.0625. The summed E-state index contributed by atoms with van der Waals surface area (Å²) in [6, 6.07) is 5.02. The third-order valence-corrected chi connectivity index (χ3v) is 3.33. The number of carbonyl (C=O) groups excluding carboxylic acids is 1. The molecule has 23 heavy (non-hydrogen) atoms. The molecule has 0 fully saturated rings. The second-order valence-electron chi connectivity index (χ2n) is 4.96. The number of carboxylic acids is 1. The van der Waals surface area contributed by atoms with Crippen LogP contribution in [-0.4, -0.2) is 13.1 Å². The lowest BCUT2D eigenvalue weighted by Crippen LogP contribution is -2.26. The molecule has 122 valence electrons. The molecule has 0 bridgehead atoms. The molecule has 0 saturated carbocycles. The van der Waals surface area contributed by atoms with Crippen LogP contribution in [0.5, 0.6) is 5.75 Å². The summed E-state index contributed by atoms with van der Waals surface area (Å²) in [7, 11) is 0.945. The minimum absolute atomic E-state index is 0.338. The molecule has 0 unspecified atom stereocenters. The fraction of sp³-hybridized carbons (Fsp3) is 0.188. The Morgan fingerprint density at radius 1 is 1.13 bits per heavy atom. The maximum atomic E-state index is 14.3. The summed E-state index contributed by atoms with van der Waals surface area (Å²) >= 11 is 0. The molecule has 7 heteroatoms. The number of hydrogen-bond acceptors (Lipinski definition) is 4. The topological polar surface area (TPSA) is 61.4 Å². The summed E-state index contributed by atoms with van der Waals surface area (Å²) in [5.74, 6) is -7.90. The van der Waals surface area contributed by atoms with E-state index < -0.39 is 40.4 Å². The molecule has 0 aromatic heterocycles. The van der Waals surface area contributed by atoms with Gasteiger partial charge in [-0.15, -0.1) is 0 Å². The number of anilines is 2. The maximum Gasteiger partial charge on any atom is 0.204 e. The third kappa shape index (κ3) is 2.94. The lowest BCUT2D eigenvalue weighted by Gasteiger charge is -2.18. The highest BCUT2D eigenvalue weighted by molar-refractivity contribution is 5.95. The van der Waals surface area contributed by atoms with Crippen LogP contribution < -0.4 is 15.2 Å². The van der Waals surface area contributed by atoms with Crippen LogP contribution in [0.25, 0.3) is 0 Å². The lowest BCUT2D eigenvalue weighted by molar-refractivity contribution is -0.255. The van der Waals surface area contributed by atoms with Crippen LogP contribution in [0.3, 0.4) is 0 Å². The van der Waals surface area contributed by atoms with Crippen LogP contribution in [0.4, 0.5) is 24.5 Å². The first-order valence-electron chi connectivity index (χ1n) is 6.58. The van der Waals surface area contributed by atoms with Crippen molar-refractivity contribution in [1.29, 1.82) is 0 Å². The number of rotatable bonds is 4. The molecule has 0 aliphatic rings. The summed E-state index contributed by atoms with van der Waals surface area (Å²) in [5, 5.41) is 13.6. The fourth-order valence-corrected chi connectivity index (χ4v) is 2.22. The summed E-state index contributed by atoms with van der Waals surface area (Å²) < 4.78 is 46.4. The number of methoxy groups -OCH3 is 1. The zero-order chi connectivity index (χ0) is 17.3. The van der Waals surface area contributed by atoms with Gasteiger partial charge in [0.15, 0.2) is 17.4 Å². The largest absolute Gasteiger partial charge is 0.545 e. The normalized spacial score (nSPS) is 10.5. The van der Waals surface area contributed by atoms with Crippen molar-refractivity contribution in [2.45, 2.75) is 13.8 Å². The first-order chi connectivity index (χ1) is 10.8. The second-order valence-corrected chi connectivity index (χ2v) is 4.96. The van der Waals surface area contributed by atoms with Gasteiger partial charge in [0.1, 0.15) is 0 Å². The van der Waals surface area contributed by atoms with Gasteiger partial charge in [0, 0.05) is 5.69 Å². The number of halogens is 3. The second kappa shape index (κ2) is 6.20. The number of benzene rings is 2. The van der Waals surface area contributed by atoms with Gasteiger partial charge < -0.3 is 20.0 Å². The van der Waals surface area contributed by atoms with Gasteiger partial charge in [0.05, 0.1) is 24.3 Å². The van der Waals surface area contributed by atoms with Gasteiger partial charge in [0.2, 0.25) is 5.82 Å². The fourth-order valence-electron chi connectivity index (χ4n) is 2.22. The summed E-state index contributed by atoms with van der Waals surface area (Å²) in [6.07, 6.45) is 0. The molecular weight excluding hydrogens is 311 g/mol. The van der Waals surface area contributed by atoms with Crippen LogP contribution in [-0.2, 0) is 0 Å². The summed E-state index contributed by atoms with van der Waals surface area (Å²) in [6.45, 7) is 3.54. The molecule has 0 aliphatic heterocycles. The van der Waals surface area contributed by atoms with Gasteiger partial charge in [-0.1, -0.05) is 17.7 Å². The van der Waals surface area contributed by atoms with Crippen LogP contribution >= 0.6 is 0 Å². The molecule has 0 amide bonds. The molecular formula is C16H13F3NO3-. The van der Waals surface area contributed by atoms with E-state index in [4.69, 9.17) is 0 Å². The van der Waals surface area contributed by atoms with E-state index in [9.17, 15) is 23.1 Å². The molecule has 4 nitrogen and oxygen atoms in total. The first-order valence-corrected chi connectivity index (χ1v) is 6.58. The molecule has 1 N–H and O–H groups in total. The number of ether oxygens (including phenoxy) is 1. The van der Waals surface area contributed by atoms with Gasteiger partial charge in [-0.05, 0) is 25.5 Å². The van der Waals surface area contributed by atoms with Crippen molar-refractivity contribution in [2.75, 3.05) is 12.4 Å². The Kier molecular flexibility index (Phi) is 4.49. The average Bonchev–Trinajstić information content (AvgIpc) is 2.47. The Balaban J connectivity index is 2.69. The zero-order valence-electron chi connectivity index (χ0n) is 12.6. The minimum atomic E-state index is -2.05. The predicted molar refractivity (Wildman–Crippen MR) is 76.4 cm³/mol. The molecule has 0 heterocycles. The molecule has 0 spiro atoms. The number of nitrogens with one attached hydrogen (secondary N) is 1. The van der Waals surface area contributed by atoms with Crippen molar-refractivity contribution in [3.8, 4) is 5.75 Å². The van der Waals surface area contributed by atoms with Crippen LogP contribution in [0.1, 0.15) is 21.5 Å². The van der Waals surface area contributed by atoms with Crippen LogP contribution in [0.2, 0.25) is 0 Å². The standard InChI is InChI=1S/C16H14F3NO3/c1-7-4-5-9(8(2)6-7)20-14-10(16(21)22)11(17)12(18)15(23-3)13(14)19/h4-6,20H,1-3H3,(H,21,22)/p-1. The minimum Gasteiger partial charge on any atom is -0.545 e. The maximum absolute atomic E-state index is 14.3. The zero-order valence-corrected chi connectivity index (χ0v) is 12.6. The highest BCUT2D eigenvalue weighted by atomic mass is 19.2. The van der Waals surface area contributed by atoms with Gasteiger partial charge in [-0.3, -0.25) is 0 Å². The van der Waals surface area contributed by atoms with Crippen molar-refractivity contribution in [2.24, 2.45) is 0 Å². The van der Waals surface area contributed by atoms with E-state index in [0.29, 0.717) is 11.3 Å². The number of carbonyl (C=O) groups is 1. The van der Waals surface area contributed by atoms with Crippen molar-refractivity contribution in [3.05, 3.63) is 52.3 Å². The Morgan fingerprint density at radius 3 is 2.30 bits per heavy atom. The van der Waals surface area contributed by atoms with Crippen LogP contribution in [0, 0.1) is 31.3 Å². The Morgan fingerprint density at radius 2 is 1.78 bits per heavy atom. The van der Waals surface area contributed by atoms with E-state index >= 15 is 0 Å². The molecule has 0 saturated heterocycles. The Bertz CT molecular complexity index is 791. The molecule has 2 rings (SSSR count). The quantitative estimate of drug-likeness (QED) is 0.879. The van der Waals surface area contributed by atoms with E-state index in [1.165, 1.54) is 0 Å². The number of aryl methyl sites for hydroxylation is 2. The van der Waals surface area contributed by atoms with E-state index in [-0.39, 0.29) is 0 Å². The molecule has 2 aromatic carbocycles. The average molecular weight is 324 g/mol. The van der Waals surface area contributed by atoms with Gasteiger partial charge >= 0.3 is 0 Å². The molecule has 2 aromatic rings. The van der Waals surface area contributed by atoms with E-state index in [1.54, 1.807) is 25.1 Å². The van der Waals surface area contributed by atoms with E-state index in [1.807, 2.05) is 6.92 Å². The molecule has 0 atom stereocenters. The molecule has 0 radical (unpaired) electrons. The monoisotopic (exact) mass is 324 g/mol. The lowest BCUT2D eigenvalue weighted by atomic mass is 10.1. The summed E-state index contributed by atoms with van der Waals surface area (Å²) in [4.78, 5) is 11.1.